The van der Waals surface area contributed by atoms with Crippen molar-refractivity contribution in [1.29, 1.82) is 0 Å². The molecule has 1 aliphatic heterocycles. The molecule has 20 heavy (non-hydrogen) atoms. The summed E-state index contributed by atoms with van der Waals surface area (Å²) in [6.45, 7) is 11.1. The van der Waals surface area contributed by atoms with Crippen molar-refractivity contribution >= 4 is 11.8 Å². The lowest BCUT2D eigenvalue weighted by molar-refractivity contribution is -0.152. The van der Waals surface area contributed by atoms with E-state index in [1.165, 1.54) is 12.8 Å². The van der Waals surface area contributed by atoms with Gasteiger partial charge in [0, 0.05) is 26.2 Å². The summed E-state index contributed by atoms with van der Waals surface area (Å²) in [7, 11) is 0. The summed E-state index contributed by atoms with van der Waals surface area (Å²) in [4.78, 5) is 28.3. The molecule has 0 aromatic rings. The fraction of sp³-hybridized carbons (Fsp3) is 0.875. The zero-order chi connectivity index (χ0) is 15.1. The lowest BCUT2D eigenvalue weighted by Crippen LogP contribution is -2.47. The summed E-state index contributed by atoms with van der Waals surface area (Å²) in [6.07, 6.45) is 4.38. The topological polar surface area (TPSA) is 40.6 Å². The first-order valence-electron chi connectivity index (χ1n) is 8.00. The zero-order valence-electron chi connectivity index (χ0n) is 13.5. The molecule has 0 N–H and O–H groups in total. The highest BCUT2D eigenvalue weighted by Crippen LogP contribution is 2.12. The van der Waals surface area contributed by atoms with Gasteiger partial charge in [0.15, 0.2) is 0 Å². The molecule has 4 heteroatoms. The summed E-state index contributed by atoms with van der Waals surface area (Å²) in [6, 6.07) is 0. The molecule has 0 aromatic heterocycles. The zero-order valence-corrected chi connectivity index (χ0v) is 13.5. The van der Waals surface area contributed by atoms with Crippen LogP contribution in [0.5, 0.6) is 0 Å². The summed E-state index contributed by atoms with van der Waals surface area (Å²) >= 11 is 0. The predicted octanol–water partition coefficient (Wildman–Crippen LogP) is 2.53. The third-order valence-electron chi connectivity index (χ3n) is 3.53. The molecule has 116 valence electrons. The van der Waals surface area contributed by atoms with Crippen LogP contribution in [-0.4, -0.2) is 47.8 Å². The van der Waals surface area contributed by atoms with E-state index >= 15 is 0 Å². The van der Waals surface area contributed by atoms with Crippen LogP contribution in [0.25, 0.3) is 0 Å². The first-order chi connectivity index (χ1) is 9.41. The van der Waals surface area contributed by atoms with Gasteiger partial charge < -0.3 is 9.80 Å². The number of carbonyl (C=O) groups is 2. The van der Waals surface area contributed by atoms with Crippen molar-refractivity contribution in [3.8, 4) is 0 Å². The van der Waals surface area contributed by atoms with Gasteiger partial charge in [-0.1, -0.05) is 40.5 Å². The van der Waals surface area contributed by atoms with Gasteiger partial charge >= 0.3 is 11.8 Å². The molecule has 1 saturated heterocycles. The first-order valence-corrected chi connectivity index (χ1v) is 8.00. The summed E-state index contributed by atoms with van der Waals surface area (Å²) in [5.41, 5.74) is 0. The van der Waals surface area contributed by atoms with E-state index in [-0.39, 0.29) is 11.8 Å². The van der Waals surface area contributed by atoms with E-state index < -0.39 is 0 Å². The largest absolute Gasteiger partial charge is 0.334 e. The summed E-state index contributed by atoms with van der Waals surface area (Å²) < 4.78 is 0. The predicted molar refractivity (Wildman–Crippen MR) is 81.3 cm³/mol. The third kappa shape index (κ3) is 5.51. The minimum absolute atomic E-state index is 0.298. The Morgan fingerprint density at radius 3 is 1.75 bits per heavy atom. The van der Waals surface area contributed by atoms with E-state index in [2.05, 4.69) is 27.7 Å². The molecular formula is C16H30N2O2. The number of hydrogen-bond acceptors (Lipinski definition) is 2. The monoisotopic (exact) mass is 282 g/mol. The van der Waals surface area contributed by atoms with E-state index in [4.69, 9.17) is 0 Å². The SMILES string of the molecule is CC(C)CN(CC(C)C)C(=O)C(=O)N1CCCCCC1. The van der Waals surface area contributed by atoms with Gasteiger partial charge in [0.25, 0.3) is 0 Å². The maximum Gasteiger partial charge on any atom is 0.312 e. The highest BCUT2D eigenvalue weighted by atomic mass is 16.2. The smallest absolute Gasteiger partial charge is 0.312 e. The van der Waals surface area contributed by atoms with Gasteiger partial charge in [-0.15, -0.1) is 0 Å². The first kappa shape index (κ1) is 17.0. The van der Waals surface area contributed by atoms with Crippen molar-refractivity contribution in [2.75, 3.05) is 26.2 Å². The van der Waals surface area contributed by atoms with Crippen LogP contribution < -0.4 is 0 Å². The number of likely N-dealkylation sites (tertiary alicyclic amines) is 1. The third-order valence-corrected chi connectivity index (χ3v) is 3.53. The Bertz CT molecular complexity index is 308. The van der Waals surface area contributed by atoms with Gasteiger partial charge in [-0.3, -0.25) is 9.59 Å². The van der Waals surface area contributed by atoms with Gasteiger partial charge in [0.05, 0.1) is 0 Å². The molecule has 0 aromatic carbocycles. The molecule has 4 nitrogen and oxygen atoms in total. The van der Waals surface area contributed by atoms with Gasteiger partial charge in [-0.25, -0.2) is 0 Å². The Morgan fingerprint density at radius 2 is 1.35 bits per heavy atom. The van der Waals surface area contributed by atoms with Crippen molar-refractivity contribution in [2.45, 2.75) is 53.4 Å². The Morgan fingerprint density at radius 1 is 0.900 bits per heavy atom. The maximum atomic E-state index is 12.5. The van der Waals surface area contributed by atoms with E-state index in [0.29, 0.717) is 24.9 Å². The second-order valence-electron chi connectivity index (χ2n) is 6.70. The van der Waals surface area contributed by atoms with Crippen molar-refractivity contribution in [3.63, 3.8) is 0 Å². The van der Waals surface area contributed by atoms with Crippen molar-refractivity contribution < 1.29 is 9.59 Å². The molecule has 0 atom stereocenters. The summed E-state index contributed by atoms with van der Waals surface area (Å²) in [5, 5.41) is 0. The van der Waals surface area contributed by atoms with Crippen molar-refractivity contribution in [1.82, 2.24) is 9.80 Å². The van der Waals surface area contributed by atoms with Crippen LogP contribution in [0.1, 0.15) is 53.4 Å². The maximum absolute atomic E-state index is 12.5. The number of rotatable bonds is 4. The quantitative estimate of drug-likeness (QED) is 0.743. The molecule has 1 aliphatic rings. The highest BCUT2D eigenvalue weighted by Gasteiger charge is 2.28. The lowest BCUT2D eigenvalue weighted by Gasteiger charge is -2.28. The van der Waals surface area contributed by atoms with E-state index in [9.17, 15) is 9.59 Å². The normalized spacial score (nSPS) is 16.4. The van der Waals surface area contributed by atoms with Crippen LogP contribution >= 0.6 is 0 Å². The molecule has 0 aliphatic carbocycles. The molecule has 0 unspecified atom stereocenters. The molecule has 1 heterocycles. The van der Waals surface area contributed by atoms with Crippen molar-refractivity contribution in [3.05, 3.63) is 0 Å². The fourth-order valence-electron chi connectivity index (χ4n) is 2.67. The molecule has 1 rings (SSSR count). The van der Waals surface area contributed by atoms with Gasteiger partial charge in [0.1, 0.15) is 0 Å². The van der Waals surface area contributed by atoms with Gasteiger partial charge in [-0.2, -0.15) is 0 Å². The Kier molecular flexibility index (Phi) is 7.03. The Labute approximate surface area is 123 Å². The van der Waals surface area contributed by atoms with Crippen LogP contribution in [0.2, 0.25) is 0 Å². The highest BCUT2D eigenvalue weighted by molar-refractivity contribution is 6.34. The van der Waals surface area contributed by atoms with Crippen LogP contribution in [0.4, 0.5) is 0 Å². The average Bonchev–Trinajstić information content (AvgIpc) is 2.63. The van der Waals surface area contributed by atoms with E-state index in [1.807, 2.05) is 0 Å². The number of carbonyl (C=O) groups excluding carboxylic acids is 2. The van der Waals surface area contributed by atoms with Crippen LogP contribution in [-0.2, 0) is 9.59 Å². The fourth-order valence-corrected chi connectivity index (χ4v) is 2.67. The standard InChI is InChI=1S/C16H30N2O2/c1-13(2)11-18(12-14(3)4)16(20)15(19)17-9-7-5-6-8-10-17/h13-14H,5-12H2,1-4H3. The molecule has 0 bridgehead atoms. The molecular weight excluding hydrogens is 252 g/mol. The second kappa shape index (κ2) is 8.28. The Balaban J connectivity index is 2.68. The van der Waals surface area contributed by atoms with E-state index in [0.717, 1.165) is 25.9 Å². The molecule has 0 radical (unpaired) electrons. The molecule has 1 fully saturated rings. The van der Waals surface area contributed by atoms with Crippen molar-refractivity contribution in [2.24, 2.45) is 11.8 Å². The molecule has 2 amide bonds. The van der Waals surface area contributed by atoms with Gasteiger partial charge in [0.2, 0.25) is 0 Å². The van der Waals surface area contributed by atoms with Crippen LogP contribution in [0, 0.1) is 11.8 Å². The Hall–Kier alpha value is -1.06. The molecule has 0 spiro atoms. The molecule has 0 saturated carbocycles. The second-order valence-corrected chi connectivity index (χ2v) is 6.70. The lowest BCUT2D eigenvalue weighted by atomic mass is 10.1. The minimum Gasteiger partial charge on any atom is -0.334 e. The number of hydrogen-bond donors (Lipinski definition) is 0. The van der Waals surface area contributed by atoms with Crippen LogP contribution in [0.15, 0.2) is 0 Å². The number of amides is 2. The average molecular weight is 282 g/mol. The number of nitrogens with zero attached hydrogens (tertiary/aromatic N) is 2. The van der Waals surface area contributed by atoms with Gasteiger partial charge in [-0.05, 0) is 24.7 Å². The summed E-state index contributed by atoms with van der Waals surface area (Å²) in [5.74, 6) is 0.159. The minimum atomic E-state index is -0.311. The van der Waals surface area contributed by atoms with Crippen LogP contribution in [0.3, 0.4) is 0 Å². The van der Waals surface area contributed by atoms with E-state index in [1.54, 1.807) is 9.80 Å².